The Bertz CT molecular complexity index is 732. The highest BCUT2D eigenvalue weighted by molar-refractivity contribution is 7.99. The molecule has 9 heteroatoms. The fourth-order valence-corrected chi connectivity index (χ4v) is 4.25. The van der Waals surface area contributed by atoms with Crippen molar-refractivity contribution >= 4 is 46.6 Å². The summed E-state index contributed by atoms with van der Waals surface area (Å²) in [5, 5.41) is 20.7. The van der Waals surface area contributed by atoms with Gasteiger partial charge in [-0.25, -0.2) is 4.79 Å². The van der Waals surface area contributed by atoms with Crippen LogP contribution in [0.4, 0.5) is 5.69 Å². The molecule has 0 unspecified atom stereocenters. The molecule has 0 bridgehead atoms. The molecule has 2 N–H and O–H groups in total. The van der Waals surface area contributed by atoms with Crippen LogP contribution in [-0.2, 0) is 5.75 Å². The van der Waals surface area contributed by atoms with E-state index in [4.69, 9.17) is 28.3 Å². The topological polar surface area (TPSA) is 82.1 Å². The van der Waals surface area contributed by atoms with Gasteiger partial charge in [0.1, 0.15) is 5.69 Å². The van der Waals surface area contributed by atoms with Crippen molar-refractivity contribution in [2.24, 2.45) is 0 Å². The van der Waals surface area contributed by atoms with Crippen LogP contribution in [0.25, 0.3) is 0 Å². The fourth-order valence-electron chi connectivity index (χ4n) is 2.71. The number of nitrogens with zero attached hydrogens (tertiary/aromatic N) is 3. The Balaban J connectivity index is 1.55. The molecule has 1 aromatic carbocycles. The van der Waals surface area contributed by atoms with Crippen molar-refractivity contribution < 1.29 is 9.90 Å². The van der Waals surface area contributed by atoms with Crippen LogP contribution in [0.1, 0.15) is 29.0 Å². The molecule has 3 rings (SSSR count). The van der Waals surface area contributed by atoms with E-state index < -0.39 is 5.97 Å². The number of H-pyrrole nitrogens is 1. The van der Waals surface area contributed by atoms with E-state index in [0.29, 0.717) is 26.7 Å². The minimum atomic E-state index is -1.03. The van der Waals surface area contributed by atoms with Crippen molar-refractivity contribution in [3.63, 3.8) is 0 Å². The molecular formula is C15H16Cl2N4O2S. The zero-order valence-corrected chi connectivity index (χ0v) is 15.0. The SMILES string of the molecule is O=C(O)c1[nH]nnc1CSC1CCN(c2cc(Cl)ccc2Cl)CC1. The first-order valence-electron chi connectivity index (χ1n) is 7.49. The van der Waals surface area contributed by atoms with Crippen LogP contribution in [-0.4, -0.2) is 44.8 Å². The van der Waals surface area contributed by atoms with Gasteiger partial charge in [0.2, 0.25) is 0 Å². The quantitative estimate of drug-likeness (QED) is 0.814. The summed E-state index contributed by atoms with van der Waals surface area (Å²) in [7, 11) is 0. The van der Waals surface area contributed by atoms with Gasteiger partial charge in [-0.1, -0.05) is 28.4 Å². The number of benzene rings is 1. The van der Waals surface area contributed by atoms with Crippen molar-refractivity contribution in [2.75, 3.05) is 18.0 Å². The van der Waals surface area contributed by atoms with Crippen LogP contribution in [0.3, 0.4) is 0 Å². The molecule has 0 aliphatic carbocycles. The zero-order valence-electron chi connectivity index (χ0n) is 12.7. The molecule has 0 atom stereocenters. The summed E-state index contributed by atoms with van der Waals surface area (Å²) in [4.78, 5) is 13.3. The summed E-state index contributed by atoms with van der Waals surface area (Å²) in [6.07, 6.45) is 1.99. The Labute approximate surface area is 153 Å². The highest BCUT2D eigenvalue weighted by atomic mass is 35.5. The molecule has 1 fully saturated rings. The van der Waals surface area contributed by atoms with Crippen molar-refractivity contribution in [2.45, 2.75) is 23.8 Å². The van der Waals surface area contributed by atoms with E-state index in [1.165, 1.54) is 0 Å². The number of carboxylic acid groups (broad SMARTS) is 1. The number of halogens is 2. The lowest BCUT2D eigenvalue weighted by Crippen LogP contribution is -2.35. The predicted molar refractivity (Wildman–Crippen MR) is 96.3 cm³/mol. The Morgan fingerprint density at radius 2 is 2.12 bits per heavy atom. The van der Waals surface area contributed by atoms with Crippen LogP contribution in [0.5, 0.6) is 0 Å². The fraction of sp³-hybridized carbons (Fsp3) is 0.400. The Morgan fingerprint density at radius 1 is 1.38 bits per heavy atom. The standard InChI is InChI=1S/C15H16Cl2N4O2S/c16-9-1-2-11(17)13(7-9)21-5-3-10(4-6-21)24-8-12-14(15(22)23)19-20-18-12/h1-2,7,10H,3-6,8H2,(H,22,23)(H,18,19,20). The number of hydrogen-bond donors (Lipinski definition) is 2. The first-order valence-corrected chi connectivity index (χ1v) is 9.30. The average Bonchev–Trinajstić information content (AvgIpc) is 3.04. The molecule has 0 spiro atoms. The Kier molecular flexibility index (Phi) is 5.53. The summed E-state index contributed by atoms with van der Waals surface area (Å²) in [6, 6.07) is 5.50. The van der Waals surface area contributed by atoms with E-state index in [-0.39, 0.29) is 5.69 Å². The molecule has 6 nitrogen and oxygen atoms in total. The normalized spacial score (nSPS) is 15.7. The molecule has 1 saturated heterocycles. The minimum absolute atomic E-state index is 0.0747. The van der Waals surface area contributed by atoms with E-state index in [1.54, 1.807) is 17.8 Å². The predicted octanol–water partition coefficient (Wildman–Crippen LogP) is 3.71. The lowest BCUT2D eigenvalue weighted by molar-refractivity contribution is 0.0689. The van der Waals surface area contributed by atoms with Gasteiger partial charge in [-0.15, -0.1) is 5.10 Å². The summed E-state index contributed by atoms with van der Waals surface area (Å²) >= 11 is 14.0. The first kappa shape index (κ1) is 17.4. The Morgan fingerprint density at radius 3 is 2.83 bits per heavy atom. The van der Waals surface area contributed by atoms with Crippen molar-refractivity contribution in [3.05, 3.63) is 39.6 Å². The second kappa shape index (κ2) is 7.63. The maximum absolute atomic E-state index is 11.0. The number of thioether (sulfide) groups is 1. The van der Waals surface area contributed by atoms with Crippen LogP contribution in [0.2, 0.25) is 10.0 Å². The van der Waals surface area contributed by atoms with Crippen molar-refractivity contribution in [3.8, 4) is 0 Å². The highest BCUT2D eigenvalue weighted by Crippen LogP contribution is 2.33. The summed E-state index contributed by atoms with van der Waals surface area (Å²) in [5.74, 6) is -0.484. The van der Waals surface area contributed by atoms with Gasteiger partial charge in [-0.2, -0.15) is 11.8 Å². The molecule has 0 saturated carbocycles. The molecule has 0 radical (unpaired) electrons. The number of rotatable bonds is 5. The smallest absolute Gasteiger partial charge is 0.355 e. The first-order chi connectivity index (χ1) is 11.5. The van der Waals surface area contributed by atoms with Gasteiger partial charge in [0.15, 0.2) is 5.69 Å². The molecule has 2 aromatic rings. The number of hydrogen-bond acceptors (Lipinski definition) is 5. The van der Waals surface area contributed by atoms with Crippen LogP contribution >= 0.6 is 35.0 Å². The average molecular weight is 387 g/mol. The number of aromatic nitrogens is 3. The van der Waals surface area contributed by atoms with Gasteiger partial charge >= 0.3 is 5.97 Å². The molecule has 128 valence electrons. The Hall–Kier alpha value is -1.44. The zero-order chi connectivity index (χ0) is 17.1. The van der Waals surface area contributed by atoms with Gasteiger partial charge in [0, 0.05) is 29.1 Å². The maximum atomic E-state index is 11.0. The van der Waals surface area contributed by atoms with Gasteiger partial charge in [-0.05, 0) is 31.0 Å². The lowest BCUT2D eigenvalue weighted by atomic mass is 10.1. The van der Waals surface area contributed by atoms with E-state index in [2.05, 4.69) is 20.3 Å². The number of piperidine rings is 1. The summed E-state index contributed by atoms with van der Waals surface area (Å²) in [6.45, 7) is 1.78. The van der Waals surface area contributed by atoms with Crippen LogP contribution in [0, 0.1) is 0 Å². The third-order valence-electron chi connectivity index (χ3n) is 3.98. The number of aromatic amines is 1. The second-order valence-corrected chi connectivity index (χ2v) is 7.66. The van der Waals surface area contributed by atoms with Gasteiger partial charge in [-0.3, -0.25) is 5.10 Å². The number of nitrogens with one attached hydrogen (secondary N) is 1. The van der Waals surface area contributed by atoms with Gasteiger partial charge in [0.25, 0.3) is 0 Å². The third kappa shape index (κ3) is 3.96. The van der Waals surface area contributed by atoms with Crippen LogP contribution in [0.15, 0.2) is 18.2 Å². The largest absolute Gasteiger partial charge is 0.476 e. The molecular weight excluding hydrogens is 371 g/mol. The van der Waals surface area contributed by atoms with E-state index in [0.717, 1.165) is 31.6 Å². The summed E-state index contributed by atoms with van der Waals surface area (Å²) < 4.78 is 0. The van der Waals surface area contributed by atoms with Crippen molar-refractivity contribution in [1.29, 1.82) is 0 Å². The van der Waals surface area contributed by atoms with Gasteiger partial charge < -0.3 is 10.0 Å². The molecule has 1 aliphatic heterocycles. The molecule has 1 aliphatic rings. The molecule has 0 amide bonds. The monoisotopic (exact) mass is 386 g/mol. The third-order valence-corrected chi connectivity index (χ3v) is 5.92. The maximum Gasteiger partial charge on any atom is 0.355 e. The van der Waals surface area contributed by atoms with Crippen molar-refractivity contribution in [1.82, 2.24) is 15.4 Å². The van der Waals surface area contributed by atoms with E-state index in [1.807, 2.05) is 12.1 Å². The lowest BCUT2D eigenvalue weighted by Gasteiger charge is -2.33. The van der Waals surface area contributed by atoms with Gasteiger partial charge in [0.05, 0.1) is 10.7 Å². The number of carbonyl (C=O) groups is 1. The van der Waals surface area contributed by atoms with E-state index in [9.17, 15) is 4.79 Å². The molecule has 24 heavy (non-hydrogen) atoms. The second-order valence-electron chi connectivity index (χ2n) is 5.53. The van der Waals surface area contributed by atoms with Crippen LogP contribution < -0.4 is 4.90 Å². The summed E-state index contributed by atoms with van der Waals surface area (Å²) in [5.41, 5.74) is 1.54. The minimum Gasteiger partial charge on any atom is -0.476 e. The molecule has 2 heterocycles. The number of carboxylic acids is 1. The number of aromatic carboxylic acids is 1. The molecule has 1 aromatic heterocycles. The number of anilines is 1. The van der Waals surface area contributed by atoms with E-state index >= 15 is 0 Å². The highest BCUT2D eigenvalue weighted by Gasteiger charge is 2.23.